The van der Waals surface area contributed by atoms with E-state index >= 15 is 0 Å². The fourth-order valence-electron chi connectivity index (χ4n) is 1.70. The number of likely N-dealkylation sites (N-methyl/N-ethyl adjacent to an activating group) is 1. The van der Waals surface area contributed by atoms with E-state index in [2.05, 4.69) is 15.5 Å². The van der Waals surface area contributed by atoms with Crippen molar-refractivity contribution in [3.63, 3.8) is 0 Å². The van der Waals surface area contributed by atoms with Gasteiger partial charge >= 0.3 is 6.03 Å². The third kappa shape index (κ3) is 4.73. The van der Waals surface area contributed by atoms with Crippen LogP contribution in [-0.4, -0.2) is 49.8 Å². The molecule has 0 heterocycles. The molecule has 1 aromatic rings. The zero-order valence-electron chi connectivity index (χ0n) is 10.9. The lowest BCUT2D eigenvalue weighted by molar-refractivity contribution is 0.227. The van der Waals surface area contributed by atoms with Gasteiger partial charge in [0.2, 0.25) is 0 Å². The van der Waals surface area contributed by atoms with Gasteiger partial charge in [-0.25, -0.2) is 4.79 Å². The Labute approximate surface area is 108 Å². The van der Waals surface area contributed by atoms with Gasteiger partial charge < -0.3 is 20.6 Å². The van der Waals surface area contributed by atoms with E-state index in [-0.39, 0.29) is 25.2 Å². The molecule has 0 bridgehead atoms. The largest absolute Gasteiger partial charge is 0.395 e. The van der Waals surface area contributed by atoms with Gasteiger partial charge in [0, 0.05) is 13.1 Å². The molecular weight excluding hydrogens is 230 g/mol. The summed E-state index contributed by atoms with van der Waals surface area (Å²) in [4.78, 5) is 13.5. The average Bonchev–Trinajstić information content (AvgIpc) is 2.37. The van der Waals surface area contributed by atoms with Crippen molar-refractivity contribution < 1.29 is 9.90 Å². The number of aliphatic hydroxyl groups excluding tert-OH is 1. The van der Waals surface area contributed by atoms with Crippen molar-refractivity contribution in [3.05, 3.63) is 35.9 Å². The molecule has 0 saturated heterocycles. The van der Waals surface area contributed by atoms with Gasteiger partial charge in [-0.2, -0.15) is 0 Å². The molecule has 0 aliphatic rings. The molecule has 0 aliphatic heterocycles. The third-order valence-electron chi connectivity index (χ3n) is 2.66. The lowest BCUT2D eigenvalue weighted by atomic mass is 10.1. The number of aliphatic hydroxyl groups is 1. The predicted octanol–water partition coefficient (Wildman–Crippen LogP) is 0.581. The lowest BCUT2D eigenvalue weighted by Crippen LogP contribution is -2.41. The predicted molar refractivity (Wildman–Crippen MR) is 71.4 cm³/mol. The van der Waals surface area contributed by atoms with Crippen LogP contribution in [0.4, 0.5) is 4.79 Å². The molecular formula is C13H21N3O2. The zero-order valence-corrected chi connectivity index (χ0v) is 10.9. The monoisotopic (exact) mass is 251 g/mol. The molecule has 3 N–H and O–H groups in total. The normalized spacial score (nSPS) is 12.2. The van der Waals surface area contributed by atoms with Crippen LogP contribution in [0.3, 0.4) is 0 Å². The van der Waals surface area contributed by atoms with E-state index in [1.807, 2.05) is 44.4 Å². The fraction of sp³-hybridized carbons (Fsp3) is 0.462. The van der Waals surface area contributed by atoms with Crippen LogP contribution in [0.5, 0.6) is 0 Å². The van der Waals surface area contributed by atoms with Crippen LogP contribution in [0.15, 0.2) is 30.3 Å². The summed E-state index contributed by atoms with van der Waals surface area (Å²) in [6.45, 7) is 0.737. The van der Waals surface area contributed by atoms with Gasteiger partial charge in [0.25, 0.3) is 0 Å². The van der Waals surface area contributed by atoms with E-state index in [9.17, 15) is 4.79 Å². The summed E-state index contributed by atoms with van der Waals surface area (Å²) in [5, 5.41) is 14.0. The molecule has 0 fully saturated rings. The summed E-state index contributed by atoms with van der Waals surface area (Å²) >= 11 is 0. The quantitative estimate of drug-likeness (QED) is 0.693. The van der Waals surface area contributed by atoms with Crippen molar-refractivity contribution in [2.75, 3.05) is 33.8 Å². The van der Waals surface area contributed by atoms with Crippen LogP contribution in [0.25, 0.3) is 0 Å². The Bertz CT molecular complexity index is 355. The molecule has 1 unspecified atom stereocenters. The Kier molecular flexibility index (Phi) is 6.18. The molecule has 0 aliphatic carbocycles. The molecule has 0 saturated carbocycles. The van der Waals surface area contributed by atoms with Gasteiger partial charge in [0.05, 0.1) is 12.6 Å². The van der Waals surface area contributed by atoms with E-state index < -0.39 is 0 Å². The lowest BCUT2D eigenvalue weighted by Gasteiger charge is -2.25. The maximum Gasteiger partial charge on any atom is 0.314 e. The van der Waals surface area contributed by atoms with Crippen LogP contribution < -0.4 is 10.6 Å². The van der Waals surface area contributed by atoms with Gasteiger partial charge in [0.1, 0.15) is 0 Å². The Morgan fingerprint density at radius 3 is 2.50 bits per heavy atom. The van der Waals surface area contributed by atoms with Crippen LogP contribution >= 0.6 is 0 Å². The molecule has 5 nitrogen and oxygen atoms in total. The zero-order chi connectivity index (χ0) is 13.4. The summed E-state index contributed by atoms with van der Waals surface area (Å²) in [6, 6.07) is 9.89. The van der Waals surface area contributed by atoms with Gasteiger partial charge in [-0.1, -0.05) is 30.3 Å². The number of hydrogen-bond acceptors (Lipinski definition) is 3. The molecule has 0 spiro atoms. The number of urea groups is 1. The Hall–Kier alpha value is -1.59. The van der Waals surface area contributed by atoms with E-state index in [4.69, 9.17) is 5.11 Å². The molecule has 0 radical (unpaired) electrons. The number of carbonyl (C=O) groups is 1. The third-order valence-corrected chi connectivity index (χ3v) is 2.66. The number of benzene rings is 1. The molecule has 2 amide bonds. The second-order valence-corrected chi connectivity index (χ2v) is 4.25. The maximum atomic E-state index is 11.4. The SMILES string of the molecule is CN(C)C(CNC(=O)NCCO)c1ccccc1. The Balaban J connectivity index is 2.52. The molecule has 5 heteroatoms. The van der Waals surface area contributed by atoms with Gasteiger partial charge in [-0.05, 0) is 19.7 Å². The Morgan fingerprint density at radius 2 is 1.94 bits per heavy atom. The minimum Gasteiger partial charge on any atom is -0.395 e. The van der Waals surface area contributed by atoms with Crippen molar-refractivity contribution in [2.24, 2.45) is 0 Å². The Morgan fingerprint density at radius 1 is 1.28 bits per heavy atom. The second-order valence-electron chi connectivity index (χ2n) is 4.25. The number of amides is 2. The van der Waals surface area contributed by atoms with Gasteiger partial charge in [-0.3, -0.25) is 0 Å². The highest BCUT2D eigenvalue weighted by Crippen LogP contribution is 2.16. The highest BCUT2D eigenvalue weighted by molar-refractivity contribution is 5.73. The second kappa shape index (κ2) is 7.68. The smallest absolute Gasteiger partial charge is 0.314 e. The number of carbonyl (C=O) groups excluding carboxylic acids is 1. The molecule has 1 aromatic carbocycles. The summed E-state index contributed by atoms with van der Waals surface area (Å²) in [7, 11) is 3.95. The summed E-state index contributed by atoms with van der Waals surface area (Å²) in [5.74, 6) is 0. The first-order chi connectivity index (χ1) is 8.65. The maximum absolute atomic E-state index is 11.4. The van der Waals surface area contributed by atoms with Gasteiger partial charge in [0.15, 0.2) is 0 Å². The fourth-order valence-corrected chi connectivity index (χ4v) is 1.70. The molecule has 0 aromatic heterocycles. The van der Waals surface area contributed by atoms with Crippen molar-refractivity contribution in [3.8, 4) is 0 Å². The van der Waals surface area contributed by atoms with E-state index in [0.717, 1.165) is 5.56 Å². The minimum atomic E-state index is -0.258. The van der Waals surface area contributed by atoms with Crippen molar-refractivity contribution >= 4 is 6.03 Å². The highest BCUT2D eigenvalue weighted by Gasteiger charge is 2.14. The van der Waals surface area contributed by atoms with Crippen LogP contribution in [0, 0.1) is 0 Å². The highest BCUT2D eigenvalue weighted by atomic mass is 16.3. The van der Waals surface area contributed by atoms with Gasteiger partial charge in [-0.15, -0.1) is 0 Å². The van der Waals surface area contributed by atoms with Crippen LogP contribution in [0.2, 0.25) is 0 Å². The minimum absolute atomic E-state index is 0.0524. The summed E-state index contributed by atoms with van der Waals surface area (Å²) in [5.41, 5.74) is 1.16. The first-order valence-corrected chi connectivity index (χ1v) is 5.99. The molecule has 1 atom stereocenters. The first kappa shape index (κ1) is 14.5. The van der Waals surface area contributed by atoms with E-state index in [1.54, 1.807) is 0 Å². The van der Waals surface area contributed by atoms with Crippen LogP contribution in [-0.2, 0) is 0 Å². The van der Waals surface area contributed by atoms with Crippen molar-refractivity contribution in [1.82, 2.24) is 15.5 Å². The summed E-state index contributed by atoms with van der Waals surface area (Å²) < 4.78 is 0. The molecule has 100 valence electrons. The average molecular weight is 251 g/mol. The van der Waals surface area contributed by atoms with E-state index in [0.29, 0.717) is 6.54 Å². The van der Waals surface area contributed by atoms with Crippen LogP contribution in [0.1, 0.15) is 11.6 Å². The topological polar surface area (TPSA) is 64.6 Å². The van der Waals surface area contributed by atoms with Crippen molar-refractivity contribution in [1.29, 1.82) is 0 Å². The van der Waals surface area contributed by atoms with Crippen molar-refractivity contribution in [2.45, 2.75) is 6.04 Å². The number of nitrogens with one attached hydrogen (secondary N) is 2. The molecule has 18 heavy (non-hydrogen) atoms. The number of nitrogens with zero attached hydrogens (tertiary/aromatic N) is 1. The standard InChI is InChI=1S/C13H21N3O2/c1-16(2)12(11-6-4-3-5-7-11)10-15-13(18)14-8-9-17/h3-7,12,17H,8-10H2,1-2H3,(H2,14,15,18). The molecule has 1 rings (SSSR count). The first-order valence-electron chi connectivity index (χ1n) is 5.99. The summed E-state index contributed by atoms with van der Waals surface area (Å²) in [6.07, 6.45) is 0. The number of rotatable bonds is 6. The number of hydrogen-bond donors (Lipinski definition) is 3. The van der Waals surface area contributed by atoms with E-state index in [1.165, 1.54) is 0 Å².